The summed E-state index contributed by atoms with van der Waals surface area (Å²) in [7, 11) is 0. The van der Waals surface area contributed by atoms with Gasteiger partial charge in [0, 0.05) is 42.4 Å². The number of piperidine rings is 1. The third kappa shape index (κ3) is 5.52. The number of halogens is 1. The van der Waals surface area contributed by atoms with Crippen LogP contribution >= 0.6 is 11.6 Å². The lowest BCUT2D eigenvalue weighted by molar-refractivity contribution is -0.600. The molecule has 9 heteroatoms. The maximum atomic E-state index is 12.9. The Kier molecular flexibility index (Phi) is 6.38. The summed E-state index contributed by atoms with van der Waals surface area (Å²) < 4.78 is 5.35. The number of fused-ring (bicyclic) bond motifs is 1. The largest absolute Gasteiger partial charge is 0.444 e. The van der Waals surface area contributed by atoms with E-state index in [-0.39, 0.29) is 17.9 Å². The van der Waals surface area contributed by atoms with Crippen LogP contribution in [0.3, 0.4) is 0 Å². The van der Waals surface area contributed by atoms with Crippen molar-refractivity contribution in [1.82, 2.24) is 15.2 Å². The molecule has 30 heavy (non-hydrogen) atoms. The lowest BCUT2D eigenvalue weighted by Gasteiger charge is -2.36. The maximum absolute atomic E-state index is 12.9. The molecule has 3 rings (SSSR count). The van der Waals surface area contributed by atoms with Gasteiger partial charge in [0.2, 0.25) is 5.91 Å². The number of carbonyl (C=O) groups is 3. The first kappa shape index (κ1) is 22.1. The van der Waals surface area contributed by atoms with Gasteiger partial charge >= 0.3 is 12.0 Å². The van der Waals surface area contributed by atoms with Gasteiger partial charge in [-0.25, -0.2) is 9.59 Å². The van der Waals surface area contributed by atoms with Crippen molar-refractivity contribution in [3.8, 4) is 0 Å². The fourth-order valence-corrected chi connectivity index (χ4v) is 3.77. The topological polar surface area (TPSA) is 108 Å². The molecule has 1 saturated heterocycles. The van der Waals surface area contributed by atoms with Crippen molar-refractivity contribution >= 4 is 40.4 Å². The number of likely N-dealkylation sites (tertiary alicyclic amines) is 1. The van der Waals surface area contributed by atoms with Crippen molar-refractivity contribution < 1.29 is 24.4 Å². The van der Waals surface area contributed by atoms with E-state index in [1.54, 1.807) is 49.2 Å². The number of quaternary nitrogens is 1. The van der Waals surface area contributed by atoms with Crippen LogP contribution < -0.4 is 10.6 Å². The van der Waals surface area contributed by atoms with E-state index in [2.05, 4.69) is 10.3 Å². The average molecular weight is 436 g/mol. The van der Waals surface area contributed by atoms with Crippen molar-refractivity contribution in [3.63, 3.8) is 0 Å². The summed E-state index contributed by atoms with van der Waals surface area (Å²) in [6, 6.07) is 6.50. The number of hydrogen-bond acceptors (Lipinski definition) is 4. The SMILES string of the molecule is CC(=O)N1CCC([NH2+]C(=O)c2cc3cc(Cl)ccc3[nH]2)C(NC(=O)OC(C)(C)C)C1. The maximum Gasteiger partial charge on any atom is 0.408 e. The quantitative estimate of drug-likeness (QED) is 0.685. The van der Waals surface area contributed by atoms with Gasteiger partial charge in [-0.2, -0.15) is 0 Å². The van der Waals surface area contributed by atoms with Gasteiger partial charge in [0.25, 0.3) is 0 Å². The molecule has 162 valence electrons. The highest BCUT2D eigenvalue weighted by Crippen LogP contribution is 2.20. The van der Waals surface area contributed by atoms with Gasteiger partial charge in [-0.3, -0.25) is 10.1 Å². The highest BCUT2D eigenvalue weighted by atomic mass is 35.5. The second-order valence-corrected chi connectivity index (χ2v) is 9.05. The van der Waals surface area contributed by atoms with Crippen LogP contribution in [0.5, 0.6) is 0 Å². The number of carbonyl (C=O) groups excluding carboxylic acids is 3. The minimum atomic E-state index is -0.639. The summed E-state index contributed by atoms with van der Waals surface area (Å²) in [5, 5.41) is 5.91. The zero-order valence-corrected chi connectivity index (χ0v) is 18.4. The number of hydrogen-bond donors (Lipinski definition) is 3. The Morgan fingerprint density at radius 1 is 1.27 bits per heavy atom. The molecule has 2 aromatic rings. The van der Waals surface area contributed by atoms with Crippen LogP contribution in [0.2, 0.25) is 5.02 Å². The van der Waals surface area contributed by atoms with Gasteiger partial charge in [0.1, 0.15) is 23.4 Å². The molecular formula is C21H28ClN4O4+. The van der Waals surface area contributed by atoms with E-state index in [0.29, 0.717) is 30.2 Å². The fraction of sp³-hybridized carbons (Fsp3) is 0.476. The van der Waals surface area contributed by atoms with Gasteiger partial charge < -0.3 is 19.9 Å². The number of benzene rings is 1. The number of nitrogens with one attached hydrogen (secondary N) is 2. The molecule has 0 aliphatic carbocycles. The lowest BCUT2D eigenvalue weighted by atomic mass is 9.99. The molecule has 1 aromatic heterocycles. The molecule has 0 saturated carbocycles. The van der Waals surface area contributed by atoms with E-state index in [1.165, 1.54) is 6.92 Å². The molecule has 1 fully saturated rings. The second-order valence-electron chi connectivity index (χ2n) is 8.62. The third-order valence-corrected chi connectivity index (χ3v) is 5.26. The molecule has 4 N–H and O–H groups in total. The van der Waals surface area contributed by atoms with Crippen LogP contribution in [0.25, 0.3) is 10.9 Å². The van der Waals surface area contributed by atoms with Gasteiger partial charge in [-0.1, -0.05) is 11.6 Å². The molecular weight excluding hydrogens is 408 g/mol. The van der Waals surface area contributed by atoms with Crippen molar-refractivity contribution in [2.24, 2.45) is 0 Å². The average Bonchev–Trinajstić information content (AvgIpc) is 3.04. The molecule has 0 spiro atoms. The summed E-state index contributed by atoms with van der Waals surface area (Å²) in [5.41, 5.74) is 0.642. The number of amides is 3. The Hall–Kier alpha value is -2.58. The Morgan fingerprint density at radius 3 is 2.67 bits per heavy atom. The Bertz CT molecular complexity index is 966. The van der Waals surface area contributed by atoms with Crippen LogP contribution in [0.15, 0.2) is 24.3 Å². The monoisotopic (exact) mass is 435 g/mol. The van der Waals surface area contributed by atoms with Gasteiger partial charge in [-0.05, 0) is 45.0 Å². The lowest BCUT2D eigenvalue weighted by Crippen LogP contribution is -2.97. The van der Waals surface area contributed by atoms with Crippen molar-refractivity contribution in [3.05, 3.63) is 35.0 Å². The zero-order valence-electron chi connectivity index (χ0n) is 17.6. The number of aromatic amines is 1. The molecule has 1 aliphatic heterocycles. The van der Waals surface area contributed by atoms with E-state index in [9.17, 15) is 14.4 Å². The van der Waals surface area contributed by atoms with Gasteiger partial charge in [-0.15, -0.1) is 0 Å². The molecule has 1 aromatic carbocycles. The predicted octanol–water partition coefficient (Wildman–Crippen LogP) is 2.04. The highest BCUT2D eigenvalue weighted by molar-refractivity contribution is 6.31. The van der Waals surface area contributed by atoms with Crippen LogP contribution in [0.4, 0.5) is 4.79 Å². The van der Waals surface area contributed by atoms with Crippen molar-refractivity contribution in [1.29, 1.82) is 0 Å². The summed E-state index contributed by atoms with van der Waals surface area (Å²) in [6.45, 7) is 7.69. The van der Waals surface area contributed by atoms with E-state index < -0.39 is 17.7 Å². The second kappa shape index (κ2) is 8.65. The number of rotatable bonds is 3. The minimum absolute atomic E-state index is 0.0664. The number of primary amides is 1. The van der Waals surface area contributed by atoms with Gasteiger partial charge in [0.15, 0.2) is 0 Å². The Labute approximate surface area is 180 Å². The minimum Gasteiger partial charge on any atom is -0.444 e. The van der Waals surface area contributed by atoms with Gasteiger partial charge in [0.05, 0.1) is 0 Å². The van der Waals surface area contributed by atoms with Crippen molar-refractivity contribution in [2.75, 3.05) is 13.1 Å². The Morgan fingerprint density at radius 2 is 2.00 bits per heavy atom. The van der Waals surface area contributed by atoms with Crippen LogP contribution in [-0.2, 0) is 9.53 Å². The molecule has 2 unspecified atom stereocenters. The number of H-pyrrole nitrogens is 1. The van der Waals surface area contributed by atoms with Crippen molar-refractivity contribution in [2.45, 2.75) is 51.8 Å². The first-order valence-corrected chi connectivity index (χ1v) is 10.3. The first-order valence-electron chi connectivity index (χ1n) is 9.94. The number of ether oxygens (including phenoxy) is 1. The van der Waals surface area contributed by atoms with Crippen LogP contribution in [-0.4, -0.2) is 58.6 Å². The highest BCUT2D eigenvalue weighted by Gasteiger charge is 2.37. The standard InChI is InChI=1S/C21H27ClN4O4/c1-12(27)26-8-7-16(18(11-26)25-20(29)30-21(2,3)4)24-19(28)17-10-13-9-14(22)5-6-15(13)23-17/h5-6,9-10,16,18,23H,7-8,11H2,1-4H3,(H,24,28)(H,25,29)/p+1. The fourth-order valence-electron chi connectivity index (χ4n) is 3.59. The Balaban J connectivity index is 1.73. The zero-order chi connectivity index (χ0) is 22.1. The third-order valence-electron chi connectivity index (χ3n) is 5.03. The van der Waals surface area contributed by atoms with E-state index in [4.69, 9.17) is 16.3 Å². The van der Waals surface area contributed by atoms with Crippen LogP contribution in [0.1, 0.15) is 44.6 Å². The number of aromatic nitrogens is 1. The number of nitrogens with zero attached hydrogens (tertiary/aromatic N) is 1. The summed E-state index contributed by atoms with van der Waals surface area (Å²) in [4.78, 5) is 41.8. The normalized spacial score (nSPS) is 19.6. The molecule has 0 bridgehead atoms. The summed E-state index contributed by atoms with van der Waals surface area (Å²) >= 11 is 6.02. The molecule has 2 atom stereocenters. The molecule has 0 radical (unpaired) electrons. The number of nitrogens with two attached hydrogens (primary N) is 1. The molecule has 8 nitrogen and oxygen atoms in total. The van der Waals surface area contributed by atoms with E-state index in [0.717, 1.165) is 10.9 Å². The summed E-state index contributed by atoms with van der Waals surface area (Å²) in [6.07, 6.45) is 0.00157. The molecule has 2 heterocycles. The van der Waals surface area contributed by atoms with E-state index in [1.807, 2.05) is 6.07 Å². The number of alkyl carbamates (subject to hydrolysis) is 1. The van der Waals surface area contributed by atoms with Crippen LogP contribution in [0, 0.1) is 0 Å². The smallest absolute Gasteiger partial charge is 0.408 e. The molecule has 3 amide bonds. The molecule has 1 aliphatic rings. The predicted molar refractivity (Wildman–Crippen MR) is 113 cm³/mol. The van der Waals surface area contributed by atoms with E-state index >= 15 is 0 Å². The first-order chi connectivity index (χ1) is 14.0. The summed E-state index contributed by atoms with van der Waals surface area (Å²) in [5.74, 6) is -0.233.